The first-order chi connectivity index (χ1) is 14.1. The number of carbonyl (C=O) groups excluding carboxylic acids is 3. The molecular formula is C21H17N5O3. The molecule has 1 unspecified atom stereocenters. The van der Waals surface area contributed by atoms with Crippen LogP contribution in [0.2, 0.25) is 0 Å². The van der Waals surface area contributed by atoms with E-state index < -0.39 is 11.9 Å². The van der Waals surface area contributed by atoms with Gasteiger partial charge in [0.1, 0.15) is 6.04 Å². The van der Waals surface area contributed by atoms with Crippen LogP contribution in [-0.4, -0.2) is 43.4 Å². The molecule has 8 nitrogen and oxygen atoms in total. The standard InChI is InChI=1S/C21H17N5O3/c27-19-7-6-18(20(28)24-19)25-12-14-10-13(2-4-16(14)21(25)29)17-5-3-15(11-22-17)26-9-1-8-23-26/h1-5,8-11,18H,6-7,12H2,(H,24,27,28). The number of imide groups is 1. The average molecular weight is 387 g/mol. The fourth-order valence-electron chi connectivity index (χ4n) is 3.85. The number of amides is 3. The summed E-state index contributed by atoms with van der Waals surface area (Å²) < 4.78 is 1.73. The molecule has 1 atom stereocenters. The fourth-order valence-corrected chi connectivity index (χ4v) is 3.85. The highest BCUT2D eigenvalue weighted by molar-refractivity contribution is 6.05. The van der Waals surface area contributed by atoms with Crippen molar-refractivity contribution in [2.24, 2.45) is 0 Å². The highest BCUT2D eigenvalue weighted by Crippen LogP contribution is 2.30. The van der Waals surface area contributed by atoms with E-state index in [1.165, 1.54) is 0 Å². The molecule has 3 amide bonds. The summed E-state index contributed by atoms with van der Waals surface area (Å²) in [5, 5.41) is 6.51. The summed E-state index contributed by atoms with van der Waals surface area (Å²) in [5.74, 6) is -0.871. The van der Waals surface area contributed by atoms with Crippen LogP contribution in [0.5, 0.6) is 0 Å². The predicted molar refractivity (Wildman–Crippen MR) is 103 cm³/mol. The summed E-state index contributed by atoms with van der Waals surface area (Å²) >= 11 is 0. The lowest BCUT2D eigenvalue weighted by atomic mass is 10.0. The van der Waals surface area contributed by atoms with Crippen LogP contribution >= 0.6 is 0 Å². The molecule has 1 aromatic carbocycles. The SMILES string of the molecule is O=C1CCC(N2Cc3cc(-c4ccc(-n5cccn5)cn4)ccc3C2=O)C(=O)N1. The number of hydrogen-bond acceptors (Lipinski definition) is 5. The van der Waals surface area contributed by atoms with Crippen LogP contribution < -0.4 is 5.32 Å². The van der Waals surface area contributed by atoms with Gasteiger partial charge in [-0.2, -0.15) is 5.10 Å². The van der Waals surface area contributed by atoms with Crippen molar-refractivity contribution in [1.82, 2.24) is 25.0 Å². The van der Waals surface area contributed by atoms with Crippen molar-refractivity contribution in [3.8, 4) is 16.9 Å². The third kappa shape index (κ3) is 2.98. The molecular weight excluding hydrogens is 370 g/mol. The Morgan fingerprint density at radius 1 is 1.10 bits per heavy atom. The first-order valence-corrected chi connectivity index (χ1v) is 9.34. The van der Waals surface area contributed by atoms with E-state index >= 15 is 0 Å². The van der Waals surface area contributed by atoms with Gasteiger partial charge in [-0.25, -0.2) is 4.68 Å². The van der Waals surface area contributed by atoms with Crippen LogP contribution in [0.3, 0.4) is 0 Å². The second-order valence-corrected chi connectivity index (χ2v) is 7.12. The minimum absolute atomic E-state index is 0.178. The number of aromatic nitrogens is 3. The van der Waals surface area contributed by atoms with Crippen LogP contribution in [0.1, 0.15) is 28.8 Å². The lowest BCUT2D eigenvalue weighted by molar-refractivity contribution is -0.136. The highest BCUT2D eigenvalue weighted by atomic mass is 16.2. The minimum atomic E-state index is -0.609. The van der Waals surface area contributed by atoms with Crippen molar-refractivity contribution in [1.29, 1.82) is 0 Å². The van der Waals surface area contributed by atoms with E-state index in [-0.39, 0.29) is 18.2 Å². The van der Waals surface area contributed by atoms with E-state index in [0.717, 1.165) is 22.5 Å². The fraction of sp³-hybridized carbons (Fsp3) is 0.190. The van der Waals surface area contributed by atoms with Gasteiger partial charge in [0.2, 0.25) is 11.8 Å². The van der Waals surface area contributed by atoms with Crippen LogP contribution in [0.25, 0.3) is 16.9 Å². The zero-order chi connectivity index (χ0) is 20.0. The summed E-state index contributed by atoms with van der Waals surface area (Å²) in [7, 11) is 0. The van der Waals surface area contributed by atoms with Gasteiger partial charge in [-0.05, 0) is 42.3 Å². The Kier molecular flexibility index (Phi) is 3.97. The Bertz CT molecular complexity index is 1120. The van der Waals surface area contributed by atoms with Crippen molar-refractivity contribution in [2.75, 3.05) is 0 Å². The first kappa shape index (κ1) is 17.3. The number of piperidine rings is 1. The molecule has 5 rings (SSSR count). The van der Waals surface area contributed by atoms with E-state index in [2.05, 4.69) is 15.4 Å². The number of rotatable bonds is 3. The van der Waals surface area contributed by atoms with Crippen molar-refractivity contribution in [2.45, 2.75) is 25.4 Å². The molecule has 0 radical (unpaired) electrons. The average Bonchev–Trinajstić information content (AvgIpc) is 3.37. The summed E-state index contributed by atoms with van der Waals surface area (Å²) in [5.41, 5.74) is 3.99. The maximum Gasteiger partial charge on any atom is 0.255 e. The Labute approximate surface area is 166 Å². The number of nitrogens with one attached hydrogen (secondary N) is 1. The van der Waals surface area contributed by atoms with Crippen molar-refractivity contribution < 1.29 is 14.4 Å². The minimum Gasteiger partial charge on any atom is -0.322 e. The van der Waals surface area contributed by atoms with Gasteiger partial charge in [0.05, 0.1) is 17.6 Å². The molecule has 1 N–H and O–H groups in total. The Hall–Kier alpha value is -3.81. The summed E-state index contributed by atoms with van der Waals surface area (Å²) in [6, 6.07) is 10.7. The maximum absolute atomic E-state index is 12.8. The normalized spacial score (nSPS) is 18.7. The Morgan fingerprint density at radius 3 is 2.72 bits per heavy atom. The molecule has 1 fully saturated rings. The smallest absolute Gasteiger partial charge is 0.255 e. The van der Waals surface area contributed by atoms with Crippen LogP contribution in [0, 0.1) is 0 Å². The topological polar surface area (TPSA) is 97.2 Å². The first-order valence-electron chi connectivity index (χ1n) is 9.34. The van der Waals surface area contributed by atoms with E-state index in [4.69, 9.17) is 0 Å². The number of pyridine rings is 1. The second-order valence-electron chi connectivity index (χ2n) is 7.12. The monoisotopic (exact) mass is 387 g/mol. The summed E-state index contributed by atoms with van der Waals surface area (Å²) in [4.78, 5) is 42.4. The maximum atomic E-state index is 12.8. The molecule has 2 aliphatic rings. The molecule has 0 spiro atoms. The Balaban J connectivity index is 1.40. The van der Waals surface area contributed by atoms with Crippen LogP contribution in [0.4, 0.5) is 0 Å². The van der Waals surface area contributed by atoms with E-state index in [1.54, 1.807) is 28.0 Å². The van der Waals surface area contributed by atoms with Crippen LogP contribution in [-0.2, 0) is 16.1 Å². The second kappa shape index (κ2) is 6.66. The molecule has 29 heavy (non-hydrogen) atoms. The zero-order valence-corrected chi connectivity index (χ0v) is 15.4. The predicted octanol–water partition coefficient (Wildman–Crippen LogP) is 1.70. The van der Waals surface area contributed by atoms with E-state index in [1.807, 2.05) is 36.5 Å². The lowest BCUT2D eigenvalue weighted by Gasteiger charge is -2.29. The van der Waals surface area contributed by atoms with Crippen LogP contribution in [0.15, 0.2) is 55.0 Å². The third-order valence-corrected chi connectivity index (χ3v) is 5.34. The molecule has 3 aromatic rings. The number of nitrogens with zero attached hydrogens (tertiary/aromatic N) is 4. The van der Waals surface area contributed by atoms with Crippen molar-refractivity contribution in [3.05, 3.63) is 66.1 Å². The summed E-state index contributed by atoms with van der Waals surface area (Å²) in [6.07, 6.45) is 5.90. The number of benzene rings is 1. The van der Waals surface area contributed by atoms with Gasteiger partial charge >= 0.3 is 0 Å². The number of carbonyl (C=O) groups is 3. The molecule has 2 aromatic heterocycles. The van der Waals surface area contributed by atoms with Gasteiger partial charge in [0.25, 0.3) is 5.91 Å². The van der Waals surface area contributed by atoms with Gasteiger partial charge in [-0.15, -0.1) is 0 Å². The number of fused-ring (bicyclic) bond motifs is 1. The van der Waals surface area contributed by atoms with Crippen molar-refractivity contribution >= 4 is 17.7 Å². The third-order valence-electron chi connectivity index (χ3n) is 5.34. The Morgan fingerprint density at radius 2 is 2.00 bits per heavy atom. The van der Waals surface area contributed by atoms with Gasteiger partial charge in [-0.1, -0.05) is 6.07 Å². The molecule has 4 heterocycles. The molecule has 8 heteroatoms. The summed E-state index contributed by atoms with van der Waals surface area (Å²) in [6.45, 7) is 0.347. The molecule has 2 aliphatic heterocycles. The van der Waals surface area contributed by atoms with Gasteiger partial charge < -0.3 is 4.90 Å². The molecule has 0 aliphatic carbocycles. The zero-order valence-electron chi connectivity index (χ0n) is 15.4. The van der Waals surface area contributed by atoms with E-state index in [9.17, 15) is 14.4 Å². The molecule has 1 saturated heterocycles. The quantitative estimate of drug-likeness (QED) is 0.690. The van der Waals surface area contributed by atoms with Gasteiger partial charge in [-0.3, -0.25) is 24.7 Å². The van der Waals surface area contributed by atoms with Gasteiger partial charge in [0.15, 0.2) is 0 Å². The highest BCUT2D eigenvalue weighted by Gasteiger charge is 2.39. The molecule has 144 valence electrons. The molecule has 0 bridgehead atoms. The lowest BCUT2D eigenvalue weighted by Crippen LogP contribution is -2.52. The largest absolute Gasteiger partial charge is 0.322 e. The van der Waals surface area contributed by atoms with Crippen molar-refractivity contribution in [3.63, 3.8) is 0 Å². The van der Waals surface area contributed by atoms with E-state index in [0.29, 0.717) is 18.5 Å². The molecule has 0 saturated carbocycles. The van der Waals surface area contributed by atoms with Gasteiger partial charge in [0, 0.05) is 36.5 Å². The number of hydrogen-bond donors (Lipinski definition) is 1.